The highest BCUT2D eigenvalue weighted by Crippen LogP contribution is 2.24. The second kappa shape index (κ2) is 4.84. The summed E-state index contributed by atoms with van der Waals surface area (Å²) in [6.07, 6.45) is 8.22. The molecule has 15 heavy (non-hydrogen) atoms. The Hall–Kier alpha value is -1.49. The number of aromatic nitrogens is 2. The Bertz CT molecular complexity index is 323. The van der Waals surface area contributed by atoms with E-state index in [0.717, 1.165) is 12.5 Å². The van der Waals surface area contributed by atoms with Crippen LogP contribution in [0.25, 0.3) is 0 Å². The highest BCUT2D eigenvalue weighted by Gasteiger charge is 2.16. The minimum absolute atomic E-state index is 0.185. The standard InChI is InChI=1S/C10H14N4O/c15-10(9-5-11-7-12-6-9)14-13-4-8-2-1-3-8/h5-8,13H,1-4H2,(H,14,15). The number of hydrazine groups is 1. The van der Waals surface area contributed by atoms with Gasteiger partial charge in [-0.05, 0) is 18.8 Å². The first-order chi connectivity index (χ1) is 7.36. The van der Waals surface area contributed by atoms with Gasteiger partial charge in [0.1, 0.15) is 6.33 Å². The van der Waals surface area contributed by atoms with Crippen molar-refractivity contribution in [3.8, 4) is 0 Å². The van der Waals surface area contributed by atoms with Crippen LogP contribution in [0, 0.1) is 5.92 Å². The molecule has 1 aromatic heterocycles. The molecule has 2 N–H and O–H groups in total. The van der Waals surface area contributed by atoms with Gasteiger partial charge in [0, 0.05) is 18.9 Å². The lowest BCUT2D eigenvalue weighted by atomic mass is 9.86. The molecule has 0 aliphatic heterocycles. The lowest BCUT2D eigenvalue weighted by molar-refractivity contribution is 0.0926. The summed E-state index contributed by atoms with van der Waals surface area (Å²) < 4.78 is 0. The molecule has 0 radical (unpaired) electrons. The van der Waals surface area contributed by atoms with Crippen LogP contribution >= 0.6 is 0 Å². The Morgan fingerprint density at radius 1 is 1.40 bits per heavy atom. The molecule has 1 heterocycles. The van der Waals surface area contributed by atoms with Gasteiger partial charge in [0.15, 0.2) is 0 Å². The Balaban J connectivity index is 1.72. The number of nitrogens with zero attached hydrogens (tertiary/aromatic N) is 2. The van der Waals surface area contributed by atoms with Crippen molar-refractivity contribution in [2.45, 2.75) is 19.3 Å². The molecule has 1 aliphatic carbocycles. The minimum atomic E-state index is -0.185. The summed E-state index contributed by atoms with van der Waals surface area (Å²) in [4.78, 5) is 19.0. The van der Waals surface area contributed by atoms with E-state index >= 15 is 0 Å². The predicted octanol–water partition coefficient (Wildman–Crippen LogP) is 0.511. The van der Waals surface area contributed by atoms with Crippen molar-refractivity contribution in [2.24, 2.45) is 5.92 Å². The van der Waals surface area contributed by atoms with Crippen LogP contribution in [0.5, 0.6) is 0 Å². The third kappa shape index (κ3) is 2.73. The van der Waals surface area contributed by atoms with Crippen LogP contribution in [-0.2, 0) is 0 Å². The third-order valence-corrected chi connectivity index (χ3v) is 2.64. The fourth-order valence-electron chi connectivity index (χ4n) is 1.46. The predicted molar refractivity (Wildman–Crippen MR) is 54.8 cm³/mol. The normalized spacial score (nSPS) is 15.7. The maximum Gasteiger partial charge on any atom is 0.268 e. The van der Waals surface area contributed by atoms with Gasteiger partial charge in [0.05, 0.1) is 5.56 Å². The van der Waals surface area contributed by atoms with E-state index in [4.69, 9.17) is 0 Å². The van der Waals surface area contributed by atoms with Crippen LogP contribution in [0.3, 0.4) is 0 Å². The summed E-state index contributed by atoms with van der Waals surface area (Å²) in [5, 5.41) is 0. The third-order valence-electron chi connectivity index (χ3n) is 2.64. The Morgan fingerprint density at radius 2 is 2.13 bits per heavy atom. The summed E-state index contributed by atoms with van der Waals surface area (Å²) >= 11 is 0. The maximum absolute atomic E-state index is 11.5. The van der Waals surface area contributed by atoms with Gasteiger partial charge in [-0.1, -0.05) is 6.42 Å². The molecule has 0 atom stereocenters. The summed E-state index contributed by atoms with van der Waals surface area (Å²) in [5.74, 6) is 0.534. The number of carbonyl (C=O) groups is 1. The summed E-state index contributed by atoms with van der Waals surface area (Å²) in [7, 11) is 0. The average molecular weight is 206 g/mol. The van der Waals surface area contributed by atoms with Gasteiger partial charge in [0.25, 0.3) is 5.91 Å². The smallest absolute Gasteiger partial charge is 0.268 e. The SMILES string of the molecule is O=C(NNCC1CCC1)c1cncnc1. The summed E-state index contributed by atoms with van der Waals surface area (Å²) in [6, 6.07) is 0. The highest BCUT2D eigenvalue weighted by molar-refractivity contribution is 5.93. The van der Waals surface area contributed by atoms with Gasteiger partial charge in [-0.3, -0.25) is 10.2 Å². The van der Waals surface area contributed by atoms with Crippen molar-refractivity contribution < 1.29 is 4.79 Å². The molecule has 1 aliphatic rings. The van der Waals surface area contributed by atoms with E-state index in [-0.39, 0.29) is 5.91 Å². The molecule has 5 heteroatoms. The first kappa shape index (κ1) is 10.0. The zero-order chi connectivity index (χ0) is 10.5. The Labute approximate surface area is 88.3 Å². The van der Waals surface area contributed by atoms with E-state index in [1.54, 1.807) is 0 Å². The van der Waals surface area contributed by atoms with Crippen LogP contribution < -0.4 is 10.9 Å². The van der Waals surface area contributed by atoms with E-state index < -0.39 is 0 Å². The van der Waals surface area contributed by atoms with Crippen molar-refractivity contribution in [3.05, 3.63) is 24.3 Å². The van der Waals surface area contributed by atoms with Crippen LogP contribution in [-0.4, -0.2) is 22.4 Å². The van der Waals surface area contributed by atoms with E-state index in [9.17, 15) is 4.79 Å². The summed E-state index contributed by atoms with van der Waals surface area (Å²) in [6.45, 7) is 0.847. The van der Waals surface area contributed by atoms with Crippen LogP contribution in [0.2, 0.25) is 0 Å². The fourth-order valence-corrected chi connectivity index (χ4v) is 1.46. The zero-order valence-electron chi connectivity index (χ0n) is 8.44. The Morgan fingerprint density at radius 3 is 2.73 bits per heavy atom. The lowest BCUT2D eigenvalue weighted by Crippen LogP contribution is -2.41. The van der Waals surface area contributed by atoms with Gasteiger partial charge in [-0.2, -0.15) is 0 Å². The highest BCUT2D eigenvalue weighted by atomic mass is 16.2. The number of hydrogen-bond donors (Lipinski definition) is 2. The van der Waals surface area contributed by atoms with Gasteiger partial charge in [0.2, 0.25) is 0 Å². The van der Waals surface area contributed by atoms with E-state index in [2.05, 4.69) is 20.8 Å². The molecule has 0 bridgehead atoms. The number of nitrogens with one attached hydrogen (secondary N) is 2. The molecule has 0 aromatic carbocycles. The van der Waals surface area contributed by atoms with Crippen LogP contribution in [0.4, 0.5) is 0 Å². The molecule has 1 fully saturated rings. The van der Waals surface area contributed by atoms with E-state index in [0.29, 0.717) is 5.56 Å². The van der Waals surface area contributed by atoms with Crippen LogP contribution in [0.1, 0.15) is 29.6 Å². The lowest BCUT2D eigenvalue weighted by Gasteiger charge is -2.25. The molecule has 5 nitrogen and oxygen atoms in total. The minimum Gasteiger partial charge on any atom is -0.287 e. The van der Waals surface area contributed by atoms with Crippen LogP contribution in [0.15, 0.2) is 18.7 Å². The van der Waals surface area contributed by atoms with E-state index in [1.807, 2.05) is 0 Å². The first-order valence-electron chi connectivity index (χ1n) is 5.14. The molecule has 2 rings (SSSR count). The molecular formula is C10H14N4O. The quantitative estimate of drug-likeness (QED) is 0.704. The zero-order valence-corrected chi connectivity index (χ0v) is 8.44. The number of carbonyl (C=O) groups excluding carboxylic acids is 1. The van der Waals surface area contributed by atoms with Crippen molar-refractivity contribution in [3.63, 3.8) is 0 Å². The van der Waals surface area contributed by atoms with Crippen molar-refractivity contribution in [1.29, 1.82) is 0 Å². The van der Waals surface area contributed by atoms with Crippen molar-refractivity contribution in [2.75, 3.05) is 6.54 Å². The topological polar surface area (TPSA) is 66.9 Å². The molecule has 80 valence electrons. The molecule has 1 aromatic rings. The molecule has 1 saturated carbocycles. The Kier molecular flexibility index (Phi) is 3.24. The first-order valence-corrected chi connectivity index (χ1v) is 5.14. The molecule has 0 spiro atoms. The van der Waals surface area contributed by atoms with Crippen molar-refractivity contribution in [1.82, 2.24) is 20.8 Å². The number of amides is 1. The van der Waals surface area contributed by atoms with Gasteiger partial charge < -0.3 is 0 Å². The van der Waals surface area contributed by atoms with E-state index in [1.165, 1.54) is 38.0 Å². The monoisotopic (exact) mass is 206 g/mol. The average Bonchev–Trinajstić information content (AvgIpc) is 2.23. The molecular weight excluding hydrogens is 192 g/mol. The van der Waals surface area contributed by atoms with Gasteiger partial charge in [-0.15, -0.1) is 0 Å². The second-order valence-corrected chi connectivity index (χ2v) is 3.76. The molecule has 1 amide bonds. The largest absolute Gasteiger partial charge is 0.287 e. The van der Waals surface area contributed by atoms with Gasteiger partial charge >= 0.3 is 0 Å². The van der Waals surface area contributed by atoms with Crippen molar-refractivity contribution >= 4 is 5.91 Å². The fraction of sp³-hybridized carbons (Fsp3) is 0.500. The number of rotatable bonds is 4. The molecule has 0 unspecified atom stereocenters. The maximum atomic E-state index is 11.5. The second-order valence-electron chi connectivity index (χ2n) is 3.76. The summed E-state index contributed by atoms with van der Waals surface area (Å²) in [5.41, 5.74) is 6.03. The molecule has 0 saturated heterocycles. The van der Waals surface area contributed by atoms with Gasteiger partial charge in [-0.25, -0.2) is 15.4 Å². The number of hydrogen-bond acceptors (Lipinski definition) is 4.